The van der Waals surface area contributed by atoms with E-state index in [0.717, 1.165) is 60.5 Å². The fourth-order valence-electron chi connectivity index (χ4n) is 7.64. The van der Waals surface area contributed by atoms with Crippen LogP contribution in [-0.4, -0.2) is 0 Å². The van der Waals surface area contributed by atoms with E-state index < -0.39 is 0 Å². The standard InChI is InChI=1S/C48H30O/c1-2-13-33(14-3-1)43-29-37(30-44-38-16-10-11-21-45(38)49-48(43)44)47-41-19-8-6-17-39(41)46(40-18-7-9-20-42(40)47)34-25-22-32(23-26-34)36-27-24-31-12-4-5-15-35(31)28-36/h1-30H/i1D,4D. The number of hydrogen-bond acceptors (Lipinski definition) is 1. The maximum Gasteiger partial charge on any atom is 0.143 e. The molecule has 1 heterocycles. The van der Waals surface area contributed by atoms with Crippen molar-refractivity contribution in [2.24, 2.45) is 0 Å². The second-order valence-electron chi connectivity index (χ2n) is 12.7. The highest BCUT2D eigenvalue weighted by Gasteiger charge is 2.20. The van der Waals surface area contributed by atoms with Gasteiger partial charge in [0.05, 0.1) is 2.74 Å². The molecule has 1 heteroatoms. The van der Waals surface area contributed by atoms with E-state index in [2.05, 4.69) is 115 Å². The molecule has 0 aliphatic heterocycles. The highest BCUT2D eigenvalue weighted by Crippen LogP contribution is 2.47. The molecule has 10 aromatic rings. The van der Waals surface area contributed by atoms with Crippen molar-refractivity contribution in [2.45, 2.75) is 0 Å². The second kappa shape index (κ2) is 11.1. The zero-order valence-corrected chi connectivity index (χ0v) is 26.6. The van der Waals surface area contributed by atoms with Crippen molar-refractivity contribution in [1.82, 2.24) is 0 Å². The van der Waals surface area contributed by atoms with Crippen LogP contribution in [0.5, 0.6) is 0 Å². The molecule has 0 atom stereocenters. The molecule has 10 rings (SSSR count). The van der Waals surface area contributed by atoms with E-state index in [9.17, 15) is 0 Å². The Morgan fingerprint density at radius 2 is 0.939 bits per heavy atom. The number of para-hydroxylation sites is 1. The van der Waals surface area contributed by atoms with Gasteiger partial charge in [-0.3, -0.25) is 0 Å². The summed E-state index contributed by atoms with van der Waals surface area (Å²) in [7, 11) is 0. The molecular formula is C48H30O. The minimum Gasteiger partial charge on any atom is -0.455 e. The molecule has 0 saturated heterocycles. The number of benzene rings is 9. The van der Waals surface area contributed by atoms with Gasteiger partial charge in [-0.2, -0.15) is 0 Å². The van der Waals surface area contributed by atoms with Gasteiger partial charge in [-0.25, -0.2) is 0 Å². The van der Waals surface area contributed by atoms with E-state index in [-0.39, 0.29) is 0 Å². The summed E-state index contributed by atoms with van der Waals surface area (Å²) < 4.78 is 22.6. The first kappa shape index (κ1) is 25.6. The lowest BCUT2D eigenvalue weighted by Crippen LogP contribution is -1.92. The van der Waals surface area contributed by atoms with Crippen molar-refractivity contribution >= 4 is 54.3 Å². The molecule has 0 saturated carbocycles. The van der Waals surface area contributed by atoms with Crippen LogP contribution in [0.4, 0.5) is 0 Å². The van der Waals surface area contributed by atoms with Gasteiger partial charge in [0.1, 0.15) is 11.2 Å². The largest absolute Gasteiger partial charge is 0.455 e. The average molecular weight is 625 g/mol. The molecule has 228 valence electrons. The van der Waals surface area contributed by atoms with Crippen LogP contribution in [-0.2, 0) is 0 Å². The first-order chi connectivity index (χ1) is 25.1. The Bertz CT molecular complexity index is 2910. The first-order valence-electron chi connectivity index (χ1n) is 17.7. The van der Waals surface area contributed by atoms with Crippen LogP contribution in [0.15, 0.2) is 186 Å². The normalized spacial score (nSPS) is 12.2. The van der Waals surface area contributed by atoms with Crippen molar-refractivity contribution in [2.75, 3.05) is 0 Å². The molecule has 0 aliphatic carbocycles. The lowest BCUT2D eigenvalue weighted by atomic mass is 9.84. The molecule has 1 nitrogen and oxygen atoms in total. The van der Waals surface area contributed by atoms with Crippen LogP contribution in [0.1, 0.15) is 2.74 Å². The van der Waals surface area contributed by atoms with E-state index in [1.165, 1.54) is 38.2 Å². The third kappa shape index (κ3) is 4.47. The highest BCUT2D eigenvalue weighted by atomic mass is 16.3. The monoisotopic (exact) mass is 624 g/mol. The third-order valence-corrected chi connectivity index (χ3v) is 9.92. The fraction of sp³-hybridized carbons (Fsp3) is 0. The van der Waals surface area contributed by atoms with Gasteiger partial charge >= 0.3 is 0 Å². The number of rotatable bonds is 4. The van der Waals surface area contributed by atoms with Crippen LogP contribution in [0, 0.1) is 0 Å². The van der Waals surface area contributed by atoms with Crippen molar-refractivity contribution in [1.29, 1.82) is 0 Å². The SMILES string of the molecule is [2H]c1ccc(-c2cc(-c3c4ccccc4c(-c4ccc(-c5ccc6cc([2H])ccc6c5)cc4)c4ccccc34)cc3c2oc2ccccc23)cc1. The molecule has 49 heavy (non-hydrogen) atoms. The maximum absolute atomic E-state index is 8.12. The van der Waals surface area contributed by atoms with Gasteiger partial charge in [-0.15, -0.1) is 0 Å². The van der Waals surface area contributed by atoms with Crippen LogP contribution in [0.2, 0.25) is 0 Å². The van der Waals surface area contributed by atoms with E-state index in [0.29, 0.717) is 12.1 Å². The van der Waals surface area contributed by atoms with E-state index in [4.69, 9.17) is 7.16 Å². The Hall–Kier alpha value is -6.44. The maximum atomic E-state index is 8.12. The van der Waals surface area contributed by atoms with E-state index in [1.807, 2.05) is 54.6 Å². The molecule has 0 amide bonds. The van der Waals surface area contributed by atoms with E-state index in [1.54, 1.807) is 0 Å². The number of furan rings is 1. The van der Waals surface area contributed by atoms with Crippen LogP contribution in [0.25, 0.3) is 98.8 Å². The minimum absolute atomic E-state index is 0.483. The van der Waals surface area contributed by atoms with Gasteiger partial charge < -0.3 is 4.42 Å². The predicted molar refractivity (Wildman–Crippen MR) is 208 cm³/mol. The molecule has 0 bridgehead atoms. The summed E-state index contributed by atoms with van der Waals surface area (Å²) in [6.45, 7) is 0. The minimum atomic E-state index is 0.483. The summed E-state index contributed by atoms with van der Waals surface area (Å²) in [5, 5.41) is 9.18. The summed E-state index contributed by atoms with van der Waals surface area (Å²) in [5.74, 6) is 0. The first-order valence-corrected chi connectivity index (χ1v) is 16.7. The Morgan fingerprint density at radius 3 is 1.65 bits per heavy atom. The molecule has 0 N–H and O–H groups in total. The third-order valence-electron chi connectivity index (χ3n) is 9.92. The van der Waals surface area contributed by atoms with Gasteiger partial charge in [0.25, 0.3) is 0 Å². The van der Waals surface area contributed by atoms with Gasteiger partial charge in [-0.1, -0.05) is 158 Å². The molecule has 0 aliphatic rings. The molecule has 1 aromatic heterocycles. The van der Waals surface area contributed by atoms with E-state index >= 15 is 0 Å². The van der Waals surface area contributed by atoms with Gasteiger partial charge in [0.2, 0.25) is 0 Å². The Morgan fingerprint density at radius 1 is 0.347 bits per heavy atom. The molecule has 0 spiro atoms. The fourth-order valence-corrected chi connectivity index (χ4v) is 7.64. The lowest BCUT2D eigenvalue weighted by molar-refractivity contribution is 0.670. The molecule has 0 unspecified atom stereocenters. The zero-order valence-electron chi connectivity index (χ0n) is 28.6. The summed E-state index contributed by atoms with van der Waals surface area (Å²) in [6.07, 6.45) is 0. The number of fused-ring (bicyclic) bond motifs is 6. The zero-order chi connectivity index (χ0) is 34.1. The molecule has 9 aromatic carbocycles. The molecule has 0 radical (unpaired) electrons. The summed E-state index contributed by atoms with van der Waals surface area (Å²) in [4.78, 5) is 0. The van der Waals surface area contributed by atoms with Crippen molar-refractivity contribution in [3.8, 4) is 44.5 Å². The molecular weight excluding hydrogens is 593 g/mol. The lowest BCUT2D eigenvalue weighted by Gasteiger charge is -2.18. The van der Waals surface area contributed by atoms with Gasteiger partial charge in [0.15, 0.2) is 0 Å². The predicted octanol–water partition coefficient (Wildman–Crippen LogP) is 13.7. The summed E-state index contributed by atoms with van der Waals surface area (Å²) in [6, 6.07) is 60.3. The number of hydrogen-bond donors (Lipinski definition) is 0. The Balaban J connectivity index is 1.20. The molecule has 0 fully saturated rings. The topological polar surface area (TPSA) is 13.1 Å². The smallest absolute Gasteiger partial charge is 0.143 e. The van der Waals surface area contributed by atoms with Crippen LogP contribution in [0.3, 0.4) is 0 Å². The highest BCUT2D eigenvalue weighted by molar-refractivity contribution is 6.23. The van der Waals surface area contributed by atoms with Crippen molar-refractivity contribution in [3.63, 3.8) is 0 Å². The average Bonchev–Trinajstić information content (AvgIpc) is 3.55. The summed E-state index contributed by atoms with van der Waals surface area (Å²) in [5.41, 5.74) is 10.8. The van der Waals surface area contributed by atoms with Crippen LogP contribution >= 0.6 is 0 Å². The van der Waals surface area contributed by atoms with Gasteiger partial charge in [-0.05, 0) is 95.5 Å². The Kier molecular flexibility index (Phi) is 5.79. The van der Waals surface area contributed by atoms with Crippen molar-refractivity contribution in [3.05, 3.63) is 182 Å². The Labute approximate surface area is 287 Å². The van der Waals surface area contributed by atoms with Crippen LogP contribution < -0.4 is 0 Å². The summed E-state index contributed by atoms with van der Waals surface area (Å²) >= 11 is 0. The van der Waals surface area contributed by atoms with Gasteiger partial charge in [0, 0.05) is 16.3 Å². The quantitative estimate of drug-likeness (QED) is 0.178. The second-order valence-corrected chi connectivity index (χ2v) is 12.7. The van der Waals surface area contributed by atoms with Crippen molar-refractivity contribution < 1.29 is 7.16 Å².